The minimum Gasteiger partial charge on any atom is -0.396 e. The van der Waals surface area contributed by atoms with Crippen LogP contribution in [0.25, 0.3) is 0 Å². The van der Waals surface area contributed by atoms with E-state index in [1.165, 1.54) is 6.42 Å². The maximum Gasteiger partial charge on any atom is 0.238 e. The molecule has 0 saturated carbocycles. The van der Waals surface area contributed by atoms with E-state index in [9.17, 15) is 9.90 Å². The predicted molar refractivity (Wildman–Crippen MR) is 107 cm³/mol. The number of para-hydroxylation sites is 1. The second-order valence-corrected chi connectivity index (χ2v) is 7.71. The number of aliphatic hydroxyl groups is 1. The third kappa shape index (κ3) is 5.34. The number of nitrogens with one attached hydrogen (secondary N) is 1. The average molecular weight is 371 g/mol. The lowest BCUT2D eigenvalue weighted by Crippen LogP contribution is -2.44. The molecule has 3 rings (SSSR count). The summed E-state index contributed by atoms with van der Waals surface area (Å²) in [6, 6.07) is 18.4. The fourth-order valence-electron chi connectivity index (χ4n) is 3.39. The van der Waals surface area contributed by atoms with Crippen molar-refractivity contribution in [3.8, 4) is 0 Å². The van der Waals surface area contributed by atoms with Crippen LogP contribution < -0.4 is 5.32 Å². The van der Waals surface area contributed by atoms with Gasteiger partial charge in [0, 0.05) is 22.4 Å². The van der Waals surface area contributed by atoms with Gasteiger partial charge in [0.25, 0.3) is 0 Å². The smallest absolute Gasteiger partial charge is 0.238 e. The summed E-state index contributed by atoms with van der Waals surface area (Å²) in [5.74, 6) is 0.0101. The molecule has 0 aromatic heterocycles. The van der Waals surface area contributed by atoms with Crippen LogP contribution in [0.4, 0.5) is 5.69 Å². The molecule has 1 heterocycles. The van der Waals surface area contributed by atoms with Gasteiger partial charge in [0.05, 0.1) is 12.2 Å². The van der Waals surface area contributed by atoms with E-state index in [4.69, 9.17) is 0 Å². The Morgan fingerprint density at radius 2 is 1.88 bits per heavy atom. The first kappa shape index (κ1) is 19.0. The van der Waals surface area contributed by atoms with Gasteiger partial charge in [0.15, 0.2) is 0 Å². The molecule has 138 valence electrons. The Bertz CT molecular complexity index is 706. The highest BCUT2D eigenvalue weighted by atomic mass is 32.2. The van der Waals surface area contributed by atoms with Gasteiger partial charge >= 0.3 is 0 Å². The highest BCUT2D eigenvalue weighted by Crippen LogP contribution is 2.33. The lowest BCUT2D eigenvalue weighted by Gasteiger charge is -2.34. The molecule has 0 aliphatic carbocycles. The average Bonchev–Trinajstić information content (AvgIpc) is 2.66. The molecule has 0 spiro atoms. The molecular weight excluding hydrogens is 344 g/mol. The van der Waals surface area contributed by atoms with E-state index in [0.717, 1.165) is 41.3 Å². The first-order chi connectivity index (χ1) is 12.8. The molecule has 1 saturated heterocycles. The van der Waals surface area contributed by atoms with Crippen LogP contribution in [0.1, 0.15) is 25.7 Å². The largest absolute Gasteiger partial charge is 0.396 e. The Kier molecular flexibility index (Phi) is 7.12. The van der Waals surface area contributed by atoms with Gasteiger partial charge in [-0.3, -0.25) is 9.69 Å². The number of anilines is 1. The van der Waals surface area contributed by atoms with E-state index in [0.29, 0.717) is 12.6 Å². The summed E-state index contributed by atoms with van der Waals surface area (Å²) in [6.07, 6.45) is 4.11. The quantitative estimate of drug-likeness (QED) is 0.773. The van der Waals surface area contributed by atoms with E-state index in [1.807, 2.05) is 42.5 Å². The number of aliphatic hydroxyl groups excluding tert-OH is 1. The van der Waals surface area contributed by atoms with Gasteiger partial charge in [-0.2, -0.15) is 0 Å². The van der Waals surface area contributed by atoms with Crippen LogP contribution in [0, 0.1) is 0 Å². The predicted octanol–water partition coefficient (Wildman–Crippen LogP) is 4.01. The summed E-state index contributed by atoms with van der Waals surface area (Å²) in [4.78, 5) is 17.0. The third-order valence-electron chi connectivity index (χ3n) is 4.69. The summed E-state index contributed by atoms with van der Waals surface area (Å²) in [5, 5.41) is 12.3. The summed E-state index contributed by atoms with van der Waals surface area (Å²) in [5.41, 5.74) is 0.849. The Labute approximate surface area is 159 Å². The molecule has 1 unspecified atom stereocenters. The number of nitrogens with zero attached hydrogens (tertiary/aromatic N) is 1. The van der Waals surface area contributed by atoms with Crippen molar-refractivity contribution in [3.05, 3.63) is 54.6 Å². The minimum atomic E-state index is 0.0101. The fraction of sp³-hybridized carbons (Fsp3) is 0.381. The number of piperidine rings is 1. The Balaban J connectivity index is 1.64. The standard InChI is InChI=1S/C21H26N2O2S/c24-15-13-17-8-6-7-14-23(17)16-21(25)22-19-11-4-5-12-20(19)26-18-9-2-1-3-10-18/h1-5,9-12,17,24H,6-8,13-16H2,(H,22,25). The minimum absolute atomic E-state index is 0.0101. The maximum atomic E-state index is 12.6. The molecule has 1 aliphatic heterocycles. The van der Waals surface area contributed by atoms with Crippen LogP contribution in [0.3, 0.4) is 0 Å². The van der Waals surface area contributed by atoms with Crippen LogP contribution in [0.2, 0.25) is 0 Å². The molecule has 2 aromatic rings. The molecule has 26 heavy (non-hydrogen) atoms. The Morgan fingerprint density at radius 1 is 1.12 bits per heavy atom. The summed E-state index contributed by atoms with van der Waals surface area (Å²) < 4.78 is 0. The topological polar surface area (TPSA) is 52.6 Å². The zero-order valence-corrected chi connectivity index (χ0v) is 15.8. The zero-order valence-electron chi connectivity index (χ0n) is 14.9. The van der Waals surface area contributed by atoms with Crippen molar-refractivity contribution in [2.24, 2.45) is 0 Å². The molecule has 4 nitrogen and oxygen atoms in total. The second-order valence-electron chi connectivity index (χ2n) is 6.59. The van der Waals surface area contributed by atoms with Crippen molar-refractivity contribution in [3.63, 3.8) is 0 Å². The van der Waals surface area contributed by atoms with Crippen LogP contribution in [-0.2, 0) is 4.79 Å². The lowest BCUT2D eigenvalue weighted by atomic mass is 10.00. The van der Waals surface area contributed by atoms with Crippen molar-refractivity contribution in [2.45, 2.75) is 41.5 Å². The highest BCUT2D eigenvalue weighted by molar-refractivity contribution is 7.99. The van der Waals surface area contributed by atoms with Crippen molar-refractivity contribution in [1.29, 1.82) is 0 Å². The van der Waals surface area contributed by atoms with E-state index >= 15 is 0 Å². The number of hydrogen-bond acceptors (Lipinski definition) is 4. The highest BCUT2D eigenvalue weighted by Gasteiger charge is 2.24. The third-order valence-corrected chi connectivity index (χ3v) is 5.77. The van der Waals surface area contributed by atoms with Crippen molar-refractivity contribution >= 4 is 23.4 Å². The lowest BCUT2D eigenvalue weighted by molar-refractivity contribution is -0.118. The molecule has 0 bridgehead atoms. The second kappa shape index (κ2) is 9.76. The molecular formula is C21H26N2O2S. The summed E-state index contributed by atoms with van der Waals surface area (Å²) >= 11 is 1.65. The van der Waals surface area contributed by atoms with Gasteiger partial charge in [-0.05, 0) is 50.1 Å². The van der Waals surface area contributed by atoms with E-state index < -0.39 is 0 Å². The van der Waals surface area contributed by atoms with Crippen molar-refractivity contribution in [2.75, 3.05) is 25.0 Å². The Morgan fingerprint density at radius 3 is 2.69 bits per heavy atom. The maximum absolute atomic E-state index is 12.6. The van der Waals surface area contributed by atoms with Crippen LogP contribution >= 0.6 is 11.8 Å². The van der Waals surface area contributed by atoms with Gasteiger partial charge in [0.2, 0.25) is 5.91 Å². The Hall–Kier alpha value is -1.82. The first-order valence-corrected chi connectivity index (χ1v) is 10.0. The molecule has 5 heteroatoms. The molecule has 1 atom stereocenters. The van der Waals surface area contributed by atoms with Gasteiger partial charge in [-0.25, -0.2) is 0 Å². The number of rotatable bonds is 7. The number of hydrogen-bond donors (Lipinski definition) is 2. The molecule has 2 aromatic carbocycles. The molecule has 2 N–H and O–H groups in total. The number of likely N-dealkylation sites (tertiary alicyclic amines) is 1. The number of amides is 1. The molecule has 0 radical (unpaired) electrons. The SMILES string of the molecule is O=C(CN1CCCCC1CCO)Nc1ccccc1Sc1ccccc1. The van der Waals surface area contributed by atoms with Crippen LogP contribution in [0.5, 0.6) is 0 Å². The van der Waals surface area contributed by atoms with E-state index in [1.54, 1.807) is 11.8 Å². The number of carbonyl (C=O) groups is 1. The summed E-state index contributed by atoms with van der Waals surface area (Å²) in [7, 11) is 0. The van der Waals surface area contributed by atoms with Gasteiger partial charge in [-0.1, -0.05) is 48.5 Å². The van der Waals surface area contributed by atoms with E-state index in [-0.39, 0.29) is 12.5 Å². The van der Waals surface area contributed by atoms with Crippen molar-refractivity contribution < 1.29 is 9.90 Å². The number of carbonyl (C=O) groups excluding carboxylic acids is 1. The van der Waals surface area contributed by atoms with E-state index in [2.05, 4.69) is 22.3 Å². The van der Waals surface area contributed by atoms with Crippen molar-refractivity contribution in [1.82, 2.24) is 4.90 Å². The summed E-state index contributed by atoms with van der Waals surface area (Å²) in [6.45, 7) is 1.49. The van der Waals surface area contributed by atoms with Gasteiger partial charge < -0.3 is 10.4 Å². The first-order valence-electron chi connectivity index (χ1n) is 9.23. The van der Waals surface area contributed by atoms with Crippen LogP contribution in [0.15, 0.2) is 64.4 Å². The van der Waals surface area contributed by atoms with Gasteiger partial charge in [-0.15, -0.1) is 0 Å². The monoisotopic (exact) mass is 370 g/mol. The molecule has 1 fully saturated rings. The number of benzene rings is 2. The zero-order chi connectivity index (χ0) is 18.2. The fourth-order valence-corrected chi connectivity index (χ4v) is 4.32. The molecule has 1 amide bonds. The van der Waals surface area contributed by atoms with Crippen LogP contribution in [-0.4, -0.2) is 41.7 Å². The van der Waals surface area contributed by atoms with Gasteiger partial charge in [0.1, 0.15) is 0 Å². The molecule has 1 aliphatic rings. The normalized spacial score (nSPS) is 17.8.